The van der Waals surface area contributed by atoms with Crippen molar-refractivity contribution in [2.75, 3.05) is 24.6 Å². The molecule has 1 aliphatic carbocycles. The van der Waals surface area contributed by atoms with Crippen molar-refractivity contribution in [1.82, 2.24) is 0 Å². The summed E-state index contributed by atoms with van der Waals surface area (Å²) < 4.78 is 17.2. The summed E-state index contributed by atoms with van der Waals surface area (Å²) in [6.45, 7) is 5.59. The van der Waals surface area contributed by atoms with E-state index in [4.69, 9.17) is 19.9 Å². The molecular formula is C29H32N2O4. The lowest BCUT2D eigenvalue weighted by Crippen LogP contribution is -2.44. The van der Waals surface area contributed by atoms with Gasteiger partial charge in [0.25, 0.3) is 6.47 Å². The van der Waals surface area contributed by atoms with Crippen LogP contribution in [0.5, 0.6) is 5.75 Å². The summed E-state index contributed by atoms with van der Waals surface area (Å²) in [5, 5.41) is 0. The Bertz CT molecular complexity index is 1190. The number of hydrogen-bond acceptors (Lipinski definition) is 6. The Labute approximate surface area is 206 Å². The molecule has 1 saturated heterocycles. The summed E-state index contributed by atoms with van der Waals surface area (Å²) >= 11 is 0. The standard InChI is InChI=1S/C29H32N2O4/c1-21(30)23-6-4-7-24(15-23)26-13-22(17-34-28-8-3-2-5-25(28)18-33-20-32)14-27(16-26)31-11-12-35-29(19-31)9-10-29/h2-8,13-16,20-21H,9-12,17-19,30H2,1H3. The fourth-order valence-electron chi connectivity index (χ4n) is 4.66. The van der Waals surface area contributed by atoms with E-state index in [-0.39, 0.29) is 18.2 Å². The summed E-state index contributed by atoms with van der Waals surface area (Å²) in [4.78, 5) is 13.1. The van der Waals surface area contributed by atoms with Crippen molar-refractivity contribution in [3.05, 3.63) is 83.4 Å². The first kappa shape index (κ1) is 23.4. The van der Waals surface area contributed by atoms with E-state index in [9.17, 15) is 4.79 Å². The number of morpholine rings is 1. The summed E-state index contributed by atoms with van der Waals surface area (Å²) in [6.07, 6.45) is 2.27. The number of nitrogens with zero attached hydrogens (tertiary/aromatic N) is 1. The zero-order valence-corrected chi connectivity index (χ0v) is 20.1. The van der Waals surface area contributed by atoms with E-state index in [0.29, 0.717) is 18.8 Å². The highest BCUT2D eigenvalue weighted by Gasteiger charge is 2.47. The smallest absolute Gasteiger partial charge is 0.293 e. The van der Waals surface area contributed by atoms with E-state index in [1.807, 2.05) is 31.2 Å². The van der Waals surface area contributed by atoms with E-state index in [0.717, 1.165) is 60.4 Å². The number of para-hydroxylation sites is 1. The average Bonchev–Trinajstić information content (AvgIpc) is 3.64. The minimum absolute atomic E-state index is 0.0278. The number of hydrogen-bond donors (Lipinski definition) is 1. The third-order valence-electron chi connectivity index (χ3n) is 6.82. The highest BCUT2D eigenvalue weighted by atomic mass is 16.5. The lowest BCUT2D eigenvalue weighted by atomic mass is 9.98. The highest BCUT2D eigenvalue weighted by molar-refractivity contribution is 5.71. The minimum atomic E-state index is -0.0278. The molecule has 1 heterocycles. The number of nitrogens with two attached hydrogens (primary N) is 1. The van der Waals surface area contributed by atoms with Gasteiger partial charge in [0, 0.05) is 30.4 Å². The minimum Gasteiger partial charge on any atom is -0.488 e. The predicted molar refractivity (Wildman–Crippen MR) is 136 cm³/mol. The van der Waals surface area contributed by atoms with Gasteiger partial charge < -0.3 is 24.8 Å². The summed E-state index contributed by atoms with van der Waals surface area (Å²) in [6, 6.07) is 22.7. The fourth-order valence-corrected chi connectivity index (χ4v) is 4.66. The average molecular weight is 473 g/mol. The molecule has 3 aromatic rings. The van der Waals surface area contributed by atoms with Crippen LogP contribution in [0, 0.1) is 0 Å². The van der Waals surface area contributed by atoms with Gasteiger partial charge in [0.2, 0.25) is 0 Å². The van der Waals surface area contributed by atoms with Crippen molar-refractivity contribution < 1.29 is 19.0 Å². The number of ether oxygens (including phenoxy) is 3. The van der Waals surface area contributed by atoms with Gasteiger partial charge in [-0.15, -0.1) is 0 Å². The van der Waals surface area contributed by atoms with Crippen LogP contribution in [0.4, 0.5) is 5.69 Å². The zero-order valence-electron chi connectivity index (χ0n) is 20.1. The lowest BCUT2D eigenvalue weighted by molar-refractivity contribution is -0.129. The van der Waals surface area contributed by atoms with Crippen molar-refractivity contribution >= 4 is 12.2 Å². The second-order valence-corrected chi connectivity index (χ2v) is 9.56. The van der Waals surface area contributed by atoms with Crippen LogP contribution in [-0.2, 0) is 27.5 Å². The number of anilines is 1. The molecule has 5 rings (SSSR count). The van der Waals surface area contributed by atoms with Crippen LogP contribution in [0.2, 0.25) is 0 Å². The van der Waals surface area contributed by atoms with Crippen LogP contribution >= 0.6 is 0 Å². The number of rotatable bonds is 9. The molecule has 3 aromatic carbocycles. The predicted octanol–water partition coefficient (Wildman–Crippen LogP) is 4.99. The van der Waals surface area contributed by atoms with Crippen LogP contribution in [0.15, 0.2) is 66.7 Å². The Morgan fingerprint density at radius 1 is 1.06 bits per heavy atom. The van der Waals surface area contributed by atoms with E-state index in [2.05, 4.69) is 47.4 Å². The van der Waals surface area contributed by atoms with Gasteiger partial charge in [0.1, 0.15) is 19.0 Å². The van der Waals surface area contributed by atoms with Gasteiger partial charge in [-0.05, 0) is 72.4 Å². The monoisotopic (exact) mass is 472 g/mol. The van der Waals surface area contributed by atoms with Crippen LogP contribution in [0.25, 0.3) is 11.1 Å². The third-order valence-corrected chi connectivity index (χ3v) is 6.82. The molecule has 1 saturated carbocycles. The topological polar surface area (TPSA) is 74.0 Å². The third kappa shape index (κ3) is 5.50. The lowest BCUT2D eigenvalue weighted by Gasteiger charge is -2.35. The Morgan fingerprint density at radius 2 is 1.91 bits per heavy atom. The van der Waals surface area contributed by atoms with Gasteiger partial charge in [0.05, 0.1) is 12.2 Å². The van der Waals surface area contributed by atoms with Gasteiger partial charge in [-0.2, -0.15) is 0 Å². The maximum atomic E-state index is 10.7. The fraction of sp³-hybridized carbons (Fsp3) is 0.345. The summed E-state index contributed by atoms with van der Waals surface area (Å²) in [7, 11) is 0. The first-order valence-corrected chi connectivity index (χ1v) is 12.2. The van der Waals surface area contributed by atoms with E-state index in [1.54, 1.807) is 0 Å². The molecule has 0 bridgehead atoms. The maximum Gasteiger partial charge on any atom is 0.293 e. The van der Waals surface area contributed by atoms with E-state index in [1.165, 1.54) is 5.69 Å². The first-order chi connectivity index (χ1) is 17.0. The van der Waals surface area contributed by atoms with E-state index < -0.39 is 0 Å². The Morgan fingerprint density at radius 3 is 2.71 bits per heavy atom. The maximum absolute atomic E-state index is 10.7. The number of carbonyl (C=O) groups excluding carboxylic acids is 1. The molecule has 35 heavy (non-hydrogen) atoms. The second-order valence-electron chi connectivity index (χ2n) is 9.56. The molecule has 2 aliphatic rings. The van der Waals surface area contributed by atoms with Crippen molar-refractivity contribution in [3.8, 4) is 16.9 Å². The molecule has 6 nitrogen and oxygen atoms in total. The van der Waals surface area contributed by atoms with Gasteiger partial charge in [-0.1, -0.05) is 36.4 Å². The molecule has 2 N–H and O–H groups in total. The van der Waals surface area contributed by atoms with Gasteiger partial charge in [-0.25, -0.2) is 0 Å². The van der Waals surface area contributed by atoms with E-state index >= 15 is 0 Å². The SMILES string of the molecule is CC(N)c1cccc(-c2cc(COc3ccccc3COC=O)cc(N3CCOC4(CC4)C3)c2)c1. The van der Waals surface area contributed by atoms with Crippen molar-refractivity contribution in [2.45, 2.75) is 44.6 Å². The van der Waals surface area contributed by atoms with Gasteiger partial charge in [0.15, 0.2) is 0 Å². The van der Waals surface area contributed by atoms with Gasteiger partial charge in [-0.3, -0.25) is 4.79 Å². The molecule has 0 radical (unpaired) electrons. The molecule has 1 atom stereocenters. The largest absolute Gasteiger partial charge is 0.488 e. The molecule has 1 spiro atoms. The van der Waals surface area contributed by atoms with Crippen LogP contribution < -0.4 is 15.4 Å². The number of carbonyl (C=O) groups is 1. The summed E-state index contributed by atoms with van der Waals surface area (Å²) in [5.74, 6) is 0.712. The molecule has 182 valence electrons. The molecule has 2 fully saturated rings. The van der Waals surface area contributed by atoms with Crippen molar-refractivity contribution in [1.29, 1.82) is 0 Å². The highest BCUT2D eigenvalue weighted by Crippen LogP contribution is 2.43. The normalized spacial score (nSPS) is 17.1. The van der Waals surface area contributed by atoms with Gasteiger partial charge >= 0.3 is 0 Å². The number of benzene rings is 3. The Balaban J connectivity index is 1.45. The van der Waals surface area contributed by atoms with Crippen LogP contribution in [0.3, 0.4) is 0 Å². The molecule has 1 unspecified atom stereocenters. The second kappa shape index (κ2) is 10.1. The quantitative estimate of drug-likeness (QED) is 0.442. The molecular weight excluding hydrogens is 440 g/mol. The summed E-state index contributed by atoms with van der Waals surface area (Å²) in [5.41, 5.74) is 12.7. The molecule has 6 heteroatoms. The molecule has 0 aromatic heterocycles. The van der Waals surface area contributed by atoms with Crippen LogP contribution in [-0.4, -0.2) is 31.8 Å². The Hall–Kier alpha value is -3.35. The zero-order chi connectivity index (χ0) is 24.3. The van der Waals surface area contributed by atoms with Crippen molar-refractivity contribution in [2.24, 2.45) is 5.73 Å². The first-order valence-electron chi connectivity index (χ1n) is 12.2. The molecule has 0 amide bonds. The molecule has 1 aliphatic heterocycles. The van der Waals surface area contributed by atoms with Crippen LogP contribution in [0.1, 0.15) is 42.5 Å². The van der Waals surface area contributed by atoms with Crippen molar-refractivity contribution in [3.63, 3.8) is 0 Å². The Kier molecular flexibility index (Phi) is 6.75.